The van der Waals surface area contributed by atoms with E-state index in [1.165, 1.54) is 4.31 Å². The molecule has 1 amide bonds. The van der Waals surface area contributed by atoms with Gasteiger partial charge in [-0.25, -0.2) is 8.42 Å². The Morgan fingerprint density at radius 3 is 2.30 bits per heavy atom. The fourth-order valence-electron chi connectivity index (χ4n) is 3.08. The summed E-state index contributed by atoms with van der Waals surface area (Å²) in [4.78, 5) is 12.3. The van der Waals surface area contributed by atoms with Gasteiger partial charge in [0.1, 0.15) is 11.5 Å². The van der Waals surface area contributed by atoms with E-state index in [9.17, 15) is 13.2 Å². The van der Waals surface area contributed by atoms with E-state index in [0.29, 0.717) is 40.1 Å². The van der Waals surface area contributed by atoms with Gasteiger partial charge in [-0.05, 0) is 55.0 Å². The number of sulfonamides is 1. The molecule has 0 heterocycles. The van der Waals surface area contributed by atoms with Crippen LogP contribution in [0.4, 0.5) is 11.4 Å². The van der Waals surface area contributed by atoms with Gasteiger partial charge in [-0.2, -0.15) is 0 Å². The lowest BCUT2D eigenvalue weighted by Crippen LogP contribution is -2.29. The van der Waals surface area contributed by atoms with E-state index >= 15 is 0 Å². The lowest BCUT2D eigenvalue weighted by molar-refractivity contribution is -0.118. The Morgan fingerprint density at radius 1 is 0.970 bits per heavy atom. The number of nitrogens with zero attached hydrogens (tertiary/aromatic N) is 1. The second kappa shape index (κ2) is 11.1. The summed E-state index contributed by atoms with van der Waals surface area (Å²) in [5, 5.41) is 3.25. The van der Waals surface area contributed by atoms with E-state index in [-0.39, 0.29) is 19.1 Å². The SMILES string of the molecule is CCOc1ccccc1NC(=O)COc1ccc(N(Cc2ccccc2Cl)S(C)(=O)=O)cc1. The summed E-state index contributed by atoms with van der Waals surface area (Å²) in [5.74, 6) is 0.665. The van der Waals surface area contributed by atoms with Crippen molar-refractivity contribution in [3.63, 3.8) is 0 Å². The van der Waals surface area contributed by atoms with Gasteiger partial charge in [-0.1, -0.05) is 41.9 Å². The van der Waals surface area contributed by atoms with E-state index in [0.717, 1.165) is 6.26 Å². The molecular formula is C24H25ClN2O5S. The molecule has 0 aromatic heterocycles. The molecule has 7 nitrogen and oxygen atoms in total. The third kappa shape index (κ3) is 6.87. The highest BCUT2D eigenvalue weighted by Crippen LogP contribution is 2.26. The number of benzene rings is 3. The number of para-hydroxylation sites is 2. The Morgan fingerprint density at radius 2 is 1.64 bits per heavy atom. The van der Waals surface area contributed by atoms with E-state index in [2.05, 4.69) is 5.32 Å². The summed E-state index contributed by atoms with van der Waals surface area (Å²) in [6.07, 6.45) is 1.14. The fourth-order valence-corrected chi connectivity index (χ4v) is 4.15. The molecule has 0 unspecified atom stereocenters. The number of rotatable bonds is 10. The molecule has 0 radical (unpaired) electrons. The van der Waals surface area contributed by atoms with Crippen molar-refractivity contribution in [1.29, 1.82) is 0 Å². The third-order valence-electron chi connectivity index (χ3n) is 4.63. The first-order valence-electron chi connectivity index (χ1n) is 10.2. The predicted molar refractivity (Wildman–Crippen MR) is 131 cm³/mol. The van der Waals surface area contributed by atoms with Crippen LogP contribution in [-0.2, 0) is 21.4 Å². The lowest BCUT2D eigenvalue weighted by Gasteiger charge is -2.23. The molecule has 3 aromatic rings. The van der Waals surface area contributed by atoms with Crippen LogP contribution in [0.15, 0.2) is 72.8 Å². The van der Waals surface area contributed by atoms with Gasteiger partial charge in [-0.3, -0.25) is 9.10 Å². The summed E-state index contributed by atoms with van der Waals surface area (Å²) in [5.41, 5.74) is 1.71. The highest BCUT2D eigenvalue weighted by molar-refractivity contribution is 7.92. The van der Waals surface area contributed by atoms with Gasteiger partial charge in [0.2, 0.25) is 10.0 Å². The van der Waals surface area contributed by atoms with Gasteiger partial charge in [0.25, 0.3) is 5.91 Å². The van der Waals surface area contributed by atoms with Gasteiger partial charge >= 0.3 is 0 Å². The molecule has 0 aliphatic rings. The monoisotopic (exact) mass is 488 g/mol. The maximum absolute atomic E-state index is 12.4. The van der Waals surface area contributed by atoms with E-state index in [1.54, 1.807) is 66.7 Å². The average Bonchev–Trinajstić information content (AvgIpc) is 2.78. The van der Waals surface area contributed by atoms with Crippen molar-refractivity contribution in [2.24, 2.45) is 0 Å². The van der Waals surface area contributed by atoms with Crippen LogP contribution in [0.1, 0.15) is 12.5 Å². The lowest BCUT2D eigenvalue weighted by atomic mass is 10.2. The van der Waals surface area contributed by atoms with Crippen molar-refractivity contribution in [3.8, 4) is 11.5 Å². The summed E-state index contributed by atoms with van der Waals surface area (Å²) in [7, 11) is -3.56. The molecule has 0 aliphatic carbocycles. The van der Waals surface area contributed by atoms with Crippen LogP contribution >= 0.6 is 11.6 Å². The standard InChI is InChI=1S/C24H25ClN2O5S/c1-3-31-23-11-7-6-10-22(23)26-24(28)17-32-20-14-12-19(13-15-20)27(33(2,29)30)16-18-8-4-5-9-21(18)25/h4-15H,3,16-17H2,1-2H3,(H,26,28). The molecule has 174 valence electrons. The molecule has 0 spiro atoms. The molecule has 3 rings (SSSR count). The van der Waals surface area contributed by atoms with Crippen molar-refractivity contribution in [2.75, 3.05) is 29.1 Å². The first kappa shape index (κ1) is 24.4. The summed E-state index contributed by atoms with van der Waals surface area (Å²) in [6, 6.07) is 20.7. The first-order chi connectivity index (χ1) is 15.8. The summed E-state index contributed by atoms with van der Waals surface area (Å²) >= 11 is 6.20. The number of carbonyl (C=O) groups excluding carboxylic acids is 1. The van der Waals surface area contributed by atoms with Crippen LogP contribution < -0.4 is 19.1 Å². The zero-order valence-electron chi connectivity index (χ0n) is 18.3. The minimum atomic E-state index is -3.56. The number of amides is 1. The average molecular weight is 489 g/mol. The zero-order chi connectivity index (χ0) is 23.8. The molecule has 0 bridgehead atoms. The molecule has 33 heavy (non-hydrogen) atoms. The Kier molecular flexibility index (Phi) is 8.19. The number of anilines is 2. The maximum atomic E-state index is 12.4. The smallest absolute Gasteiger partial charge is 0.262 e. The normalized spacial score (nSPS) is 11.0. The van der Waals surface area contributed by atoms with E-state index < -0.39 is 10.0 Å². The minimum absolute atomic E-state index is 0.0976. The molecule has 0 saturated carbocycles. The molecule has 3 aromatic carbocycles. The summed E-state index contributed by atoms with van der Waals surface area (Å²) in [6.45, 7) is 2.23. The van der Waals surface area contributed by atoms with Crippen LogP contribution in [-0.4, -0.2) is 33.8 Å². The number of ether oxygens (including phenoxy) is 2. The van der Waals surface area contributed by atoms with Gasteiger partial charge in [0, 0.05) is 5.02 Å². The van der Waals surface area contributed by atoms with E-state index in [4.69, 9.17) is 21.1 Å². The van der Waals surface area contributed by atoms with Crippen molar-refractivity contribution in [3.05, 3.63) is 83.4 Å². The van der Waals surface area contributed by atoms with Crippen LogP contribution in [0.2, 0.25) is 5.02 Å². The van der Waals surface area contributed by atoms with Crippen molar-refractivity contribution < 1.29 is 22.7 Å². The van der Waals surface area contributed by atoms with Crippen molar-refractivity contribution in [2.45, 2.75) is 13.5 Å². The van der Waals surface area contributed by atoms with Crippen LogP contribution in [0, 0.1) is 0 Å². The molecule has 1 N–H and O–H groups in total. The first-order valence-corrected chi connectivity index (χ1v) is 12.5. The van der Waals surface area contributed by atoms with Crippen molar-refractivity contribution in [1.82, 2.24) is 0 Å². The minimum Gasteiger partial charge on any atom is -0.492 e. The second-order valence-corrected chi connectivity index (χ2v) is 9.43. The number of nitrogens with one attached hydrogen (secondary N) is 1. The van der Waals surface area contributed by atoms with E-state index in [1.807, 2.05) is 13.0 Å². The molecule has 0 fully saturated rings. The predicted octanol–water partition coefficient (Wildman–Crippen LogP) is 4.72. The summed E-state index contributed by atoms with van der Waals surface area (Å²) < 4.78 is 37.1. The van der Waals surface area contributed by atoms with Gasteiger partial charge in [-0.15, -0.1) is 0 Å². The molecule has 0 atom stereocenters. The molecule has 0 saturated heterocycles. The highest BCUT2D eigenvalue weighted by Gasteiger charge is 2.19. The number of hydrogen-bond acceptors (Lipinski definition) is 5. The number of halogens is 1. The largest absolute Gasteiger partial charge is 0.492 e. The van der Waals surface area contributed by atoms with Gasteiger partial charge in [0.05, 0.1) is 30.8 Å². The van der Waals surface area contributed by atoms with Crippen LogP contribution in [0.5, 0.6) is 11.5 Å². The van der Waals surface area contributed by atoms with Crippen molar-refractivity contribution >= 4 is 38.9 Å². The van der Waals surface area contributed by atoms with Crippen LogP contribution in [0.25, 0.3) is 0 Å². The quantitative estimate of drug-likeness (QED) is 0.446. The Hall–Kier alpha value is -3.23. The fraction of sp³-hybridized carbons (Fsp3) is 0.208. The zero-order valence-corrected chi connectivity index (χ0v) is 19.9. The number of carbonyl (C=O) groups is 1. The molecule has 0 aliphatic heterocycles. The third-order valence-corrected chi connectivity index (χ3v) is 6.14. The number of hydrogen-bond donors (Lipinski definition) is 1. The Bertz CT molecular complexity index is 1200. The topological polar surface area (TPSA) is 84.9 Å². The molecule has 9 heteroatoms. The Balaban J connectivity index is 1.65. The van der Waals surface area contributed by atoms with Crippen LogP contribution in [0.3, 0.4) is 0 Å². The maximum Gasteiger partial charge on any atom is 0.262 e. The highest BCUT2D eigenvalue weighted by atomic mass is 35.5. The molecular weight excluding hydrogens is 464 g/mol. The Labute approximate surface area is 198 Å². The van der Waals surface area contributed by atoms with Gasteiger partial charge < -0.3 is 14.8 Å². The van der Waals surface area contributed by atoms with Gasteiger partial charge in [0.15, 0.2) is 6.61 Å². The second-order valence-electron chi connectivity index (χ2n) is 7.12.